The van der Waals surface area contributed by atoms with Crippen LogP contribution in [0.4, 0.5) is 5.00 Å². The predicted octanol–water partition coefficient (Wildman–Crippen LogP) is 1.22. The third-order valence-corrected chi connectivity index (χ3v) is 5.26. The van der Waals surface area contributed by atoms with Gasteiger partial charge >= 0.3 is 0 Å². The van der Waals surface area contributed by atoms with Crippen LogP contribution in [0.5, 0.6) is 0 Å². The Bertz CT molecular complexity index is 794. The monoisotopic (exact) mass is 376 g/mol. The second-order valence-corrected chi connectivity index (χ2v) is 6.91. The van der Waals surface area contributed by atoms with E-state index in [-0.39, 0.29) is 11.8 Å². The lowest BCUT2D eigenvalue weighted by atomic mass is 10.2. The third kappa shape index (κ3) is 3.78. The molecule has 1 aliphatic rings. The highest BCUT2D eigenvalue weighted by Crippen LogP contribution is 2.23. The molecule has 2 aromatic heterocycles. The van der Waals surface area contributed by atoms with Crippen LogP contribution < -0.4 is 11.1 Å². The van der Waals surface area contributed by atoms with E-state index in [0.29, 0.717) is 42.5 Å². The van der Waals surface area contributed by atoms with E-state index in [0.717, 1.165) is 0 Å². The summed E-state index contributed by atoms with van der Waals surface area (Å²) in [6.45, 7) is 3.99. The Balaban J connectivity index is 1.55. The molecule has 0 spiro atoms. The summed E-state index contributed by atoms with van der Waals surface area (Å²) in [5.74, 6) is -0.600. The first-order valence-corrected chi connectivity index (χ1v) is 9.10. The molecule has 3 N–H and O–H groups in total. The largest absolute Gasteiger partial charge is 0.459 e. The van der Waals surface area contributed by atoms with Crippen molar-refractivity contribution in [3.8, 4) is 0 Å². The van der Waals surface area contributed by atoms with E-state index in [1.807, 2.05) is 4.90 Å². The molecule has 1 fully saturated rings. The van der Waals surface area contributed by atoms with E-state index in [1.165, 1.54) is 17.6 Å². The van der Waals surface area contributed by atoms with Crippen molar-refractivity contribution in [1.82, 2.24) is 9.80 Å². The molecule has 26 heavy (non-hydrogen) atoms. The van der Waals surface area contributed by atoms with E-state index in [1.54, 1.807) is 35.4 Å². The molecule has 3 rings (SSSR count). The average molecular weight is 376 g/mol. The summed E-state index contributed by atoms with van der Waals surface area (Å²) in [6.07, 6.45) is 1.47. The number of piperazine rings is 1. The van der Waals surface area contributed by atoms with Gasteiger partial charge in [-0.2, -0.15) is 0 Å². The topological polar surface area (TPSA) is 109 Å². The molecular weight excluding hydrogens is 356 g/mol. The number of furan rings is 1. The van der Waals surface area contributed by atoms with Crippen molar-refractivity contribution >= 4 is 34.1 Å². The Labute approximate surface area is 154 Å². The Kier molecular flexibility index (Phi) is 5.38. The van der Waals surface area contributed by atoms with Crippen molar-refractivity contribution in [2.75, 3.05) is 31.5 Å². The molecule has 3 amide bonds. The maximum atomic E-state index is 12.5. The van der Waals surface area contributed by atoms with Gasteiger partial charge < -0.3 is 20.4 Å². The molecule has 0 aromatic carbocycles. The van der Waals surface area contributed by atoms with Gasteiger partial charge in [-0.3, -0.25) is 19.3 Å². The van der Waals surface area contributed by atoms with Crippen molar-refractivity contribution < 1.29 is 18.8 Å². The first kappa shape index (κ1) is 18.2. The van der Waals surface area contributed by atoms with Gasteiger partial charge in [0.15, 0.2) is 5.76 Å². The zero-order valence-corrected chi connectivity index (χ0v) is 15.1. The van der Waals surface area contributed by atoms with Crippen LogP contribution in [0.1, 0.15) is 27.8 Å². The van der Waals surface area contributed by atoms with E-state index >= 15 is 0 Å². The van der Waals surface area contributed by atoms with Gasteiger partial charge in [-0.05, 0) is 30.5 Å². The van der Waals surface area contributed by atoms with Crippen molar-refractivity contribution in [3.05, 3.63) is 41.2 Å². The molecule has 0 bridgehead atoms. The third-order valence-electron chi connectivity index (χ3n) is 4.43. The summed E-state index contributed by atoms with van der Waals surface area (Å²) in [4.78, 5) is 39.8. The van der Waals surface area contributed by atoms with Crippen LogP contribution in [0, 0.1) is 0 Å². The molecule has 9 heteroatoms. The summed E-state index contributed by atoms with van der Waals surface area (Å²) in [6, 6.07) is 4.52. The quantitative estimate of drug-likeness (QED) is 0.816. The fourth-order valence-electron chi connectivity index (χ4n) is 2.85. The first-order valence-electron chi connectivity index (χ1n) is 8.22. The summed E-state index contributed by atoms with van der Waals surface area (Å²) >= 11 is 1.26. The molecule has 138 valence electrons. The van der Waals surface area contributed by atoms with Gasteiger partial charge in [-0.25, -0.2) is 0 Å². The highest BCUT2D eigenvalue weighted by Gasteiger charge is 2.29. The molecule has 0 saturated carbocycles. The number of primary amides is 1. The SMILES string of the molecule is CC(C(=O)Nc1sccc1C(N)=O)N1CCN(C(=O)c2ccco2)CC1. The van der Waals surface area contributed by atoms with Gasteiger partial charge in [0.05, 0.1) is 17.9 Å². The molecule has 0 radical (unpaired) electrons. The number of carbonyl (C=O) groups is 3. The molecule has 0 aliphatic carbocycles. The Morgan fingerprint density at radius 2 is 1.96 bits per heavy atom. The maximum Gasteiger partial charge on any atom is 0.289 e. The molecule has 1 atom stereocenters. The molecular formula is C17H20N4O4S. The zero-order chi connectivity index (χ0) is 18.7. The molecule has 3 heterocycles. The van der Waals surface area contributed by atoms with Crippen LogP contribution in [0.15, 0.2) is 34.3 Å². The summed E-state index contributed by atoms with van der Waals surface area (Å²) in [5, 5.41) is 4.93. The fraction of sp³-hybridized carbons (Fsp3) is 0.353. The van der Waals surface area contributed by atoms with Crippen molar-refractivity contribution in [1.29, 1.82) is 0 Å². The van der Waals surface area contributed by atoms with E-state index in [9.17, 15) is 14.4 Å². The summed E-state index contributed by atoms with van der Waals surface area (Å²) in [5.41, 5.74) is 5.61. The molecule has 2 aromatic rings. The van der Waals surface area contributed by atoms with Gasteiger partial charge in [0.2, 0.25) is 5.91 Å². The number of thiophene rings is 1. The Morgan fingerprint density at radius 3 is 2.58 bits per heavy atom. The lowest BCUT2D eigenvalue weighted by molar-refractivity contribution is -0.121. The van der Waals surface area contributed by atoms with Gasteiger partial charge in [-0.15, -0.1) is 11.3 Å². The normalized spacial score (nSPS) is 16.3. The number of amides is 3. The smallest absolute Gasteiger partial charge is 0.289 e. The van der Waals surface area contributed by atoms with Crippen LogP contribution in [0.3, 0.4) is 0 Å². The fourth-order valence-corrected chi connectivity index (χ4v) is 3.65. The van der Waals surface area contributed by atoms with Crippen LogP contribution in [-0.4, -0.2) is 59.7 Å². The Morgan fingerprint density at radius 1 is 1.23 bits per heavy atom. The van der Waals surface area contributed by atoms with Gasteiger partial charge in [0, 0.05) is 26.2 Å². The number of carbonyl (C=O) groups excluding carboxylic acids is 3. The number of rotatable bonds is 5. The minimum Gasteiger partial charge on any atom is -0.459 e. The van der Waals surface area contributed by atoms with Crippen LogP contribution in [-0.2, 0) is 4.79 Å². The molecule has 8 nitrogen and oxygen atoms in total. The number of nitrogens with one attached hydrogen (secondary N) is 1. The molecule has 1 saturated heterocycles. The first-order chi connectivity index (χ1) is 12.5. The van der Waals surface area contributed by atoms with Crippen LogP contribution in [0.25, 0.3) is 0 Å². The number of hydrogen-bond acceptors (Lipinski definition) is 6. The Hall–Kier alpha value is -2.65. The molecule has 1 unspecified atom stereocenters. The van der Waals surface area contributed by atoms with Crippen LogP contribution in [0.2, 0.25) is 0 Å². The summed E-state index contributed by atoms with van der Waals surface area (Å²) in [7, 11) is 0. The second-order valence-electron chi connectivity index (χ2n) is 6.00. The number of anilines is 1. The predicted molar refractivity (Wildman–Crippen MR) is 97.1 cm³/mol. The van der Waals surface area contributed by atoms with Gasteiger partial charge in [0.1, 0.15) is 5.00 Å². The van der Waals surface area contributed by atoms with Crippen LogP contribution >= 0.6 is 11.3 Å². The summed E-state index contributed by atoms with van der Waals surface area (Å²) < 4.78 is 5.14. The maximum absolute atomic E-state index is 12.5. The highest BCUT2D eigenvalue weighted by molar-refractivity contribution is 7.14. The second kappa shape index (κ2) is 7.71. The minimum atomic E-state index is -0.570. The highest BCUT2D eigenvalue weighted by atomic mass is 32.1. The molecule has 1 aliphatic heterocycles. The number of nitrogens with two attached hydrogens (primary N) is 1. The lowest BCUT2D eigenvalue weighted by Crippen LogP contribution is -2.54. The minimum absolute atomic E-state index is 0.142. The lowest BCUT2D eigenvalue weighted by Gasteiger charge is -2.37. The van der Waals surface area contributed by atoms with Crippen molar-refractivity contribution in [3.63, 3.8) is 0 Å². The van der Waals surface area contributed by atoms with E-state index < -0.39 is 11.9 Å². The standard InChI is InChI=1S/C17H20N4O4S/c1-11(15(23)19-16-12(14(18)22)4-10-26-16)20-5-7-21(8-6-20)17(24)13-3-2-9-25-13/h2-4,9-11H,5-8H2,1H3,(H2,18,22)(H,19,23). The number of hydrogen-bond donors (Lipinski definition) is 2. The zero-order valence-electron chi connectivity index (χ0n) is 14.3. The van der Waals surface area contributed by atoms with Gasteiger partial charge in [0.25, 0.3) is 11.8 Å². The number of nitrogens with zero attached hydrogens (tertiary/aromatic N) is 2. The van der Waals surface area contributed by atoms with Crippen molar-refractivity contribution in [2.45, 2.75) is 13.0 Å². The average Bonchev–Trinajstić information content (AvgIpc) is 3.32. The van der Waals surface area contributed by atoms with Gasteiger partial charge in [-0.1, -0.05) is 0 Å². The van der Waals surface area contributed by atoms with E-state index in [2.05, 4.69) is 5.32 Å². The van der Waals surface area contributed by atoms with Crippen molar-refractivity contribution in [2.24, 2.45) is 5.73 Å². The van der Waals surface area contributed by atoms with E-state index in [4.69, 9.17) is 10.2 Å².